The first-order valence-corrected chi connectivity index (χ1v) is 7.22. The molecule has 0 spiro atoms. The molecule has 1 aromatic rings. The number of benzene rings is 1. The Kier molecular flexibility index (Phi) is 7.39. The van der Waals surface area contributed by atoms with Gasteiger partial charge in [-0.05, 0) is 24.0 Å². The number of aliphatic carboxylic acids is 1. The average Bonchev–Trinajstić information content (AvgIpc) is 2.52. The quantitative estimate of drug-likeness (QED) is 0.726. The van der Waals surface area contributed by atoms with Crippen LogP contribution in [0.2, 0.25) is 0 Å². The van der Waals surface area contributed by atoms with E-state index in [4.69, 9.17) is 14.6 Å². The smallest absolute Gasteiger partial charge is 0.328 e. The van der Waals surface area contributed by atoms with Gasteiger partial charge in [0.15, 0.2) is 12.6 Å². The van der Waals surface area contributed by atoms with E-state index in [1.165, 1.54) is 7.11 Å². The molecular weight excluding hydrogens is 286 g/mol. The van der Waals surface area contributed by atoms with Crippen LogP contribution in [0.15, 0.2) is 24.3 Å². The first kappa shape index (κ1) is 18.0. The average molecular weight is 309 g/mol. The number of carbonyl (C=O) groups is 2. The van der Waals surface area contributed by atoms with Crippen molar-refractivity contribution < 1.29 is 24.2 Å². The summed E-state index contributed by atoms with van der Waals surface area (Å²) in [6.45, 7) is 3.84. The first-order chi connectivity index (χ1) is 10.5. The number of hydrogen-bond acceptors (Lipinski definition) is 4. The Morgan fingerprint density at radius 3 is 2.59 bits per heavy atom. The number of methoxy groups -OCH3 is 1. The van der Waals surface area contributed by atoms with Crippen molar-refractivity contribution >= 4 is 11.9 Å². The van der Waals surface area contributed by atoms with Gasteiger partial charge in [-0.25, -0.2) is 4.79 Å². The Balaban J connectivity index is 2.62. The number of carbonyl (C=O) groups excluding carboxylic acids is 1. The summed E-state index contributed by atoms with van der Waals surface area (Å²) in [5, 5.41) is 11.3. The lowest BCUT2D eigenvalue weighted by Gasteiger charge is -2.17. The molecule has 0 radical (unpaired) electrons. The van der Waals surface area contributed by atoms with E-state index in [9.17, 15) is 9.59 Å². The Hall–Kier alpha value is -2.08. The molecule has 1 rings (SSSR count). The maximum Gasteiger partial charge on any atom is 0.328 e. The van der Waals surface area contributed by atoms with E-state index in [0.29, 0.717) is 11.7 Å². The van der Waals surface area contributed by atoms with Crippen LogP contribution in [0.1, 0.15) is 31.7 Å². The van der Waals surface area contributed by atoms with Gasteiger partial charge < -0.3 is 19.9 Å². The standard InChI is InChI=1S/C16H23NO5/c1-4-11(2)12-7-5-6-8-14(12)22-10-15(18)17-13(9-21-3)16(19)20/h5-8,11,13H,4,9-10H2,1-3H3,(H,17,18)(H,19,20). The van der Waals surface area contributed by atoms with Gasteiger partial charge in [0.1, 0.15) is 5.75 Å². The number of rotatable bonds is 9. The molecule has 1 aromatic carbocycles. The Labute approximate surface area is 130 Å². The van der Waals surface area contributed by atoms with Gasteiger partial charge in [-0.3, -0.25) is 4.79 Å². The summed E-state index contributed by atoms with van der Waals surface area (Å²) in [4.78, 5) is 22.7. The molecule has 0 bridgehead atoms. The summed E-state index contributed by atoms with van der Waals surface area (Å²) in [6.07, 6.45) is 0.960. The highest BCUT2D eigenvalue weighted by molar-refractivity contribution is 5.84. The van der Waals surface area contributed by atoms with Crippen molar-refractivity contribution in [1.82, 2.24) is 5.32 Å². The van der Waals surface area contributed by atoms with Gasteiger partial charge in [-0.1, -0.05) is 32.0 Å². The molecule has 0 aliphatic rings. The van der Waals surface area contributed by atoms with Crippen molar-refractivity contribution in [2.45, 2.75) is 32.2 Å². The normalized spacial score (nSPS) is 13.2. The number of ether oxygens (including phenoxy) is 2. The highest BCUT2D eigenvalue weighted by Gasteiger charge is 2.20. The zero-order valence-corrected chi connectivity index (χ0v) is 13.2. The molecule has 0 aliphatic heterocycles. The SMILES string of the molecule is CCC(C)c1ccccc1OCC(=O)NC(COC)C(=O)O. The third-order valence-electron chi connectivity index (χ3n) is 3.39. The molecule has 6 heteroatoms. The van der Waals surface area contributed by atoms with Crippen LogP contribution in [0.4, 0.5) is 0 Å². The van der Waals surface area contributed by atoms with Gasteiger partial charge in [-0.15, -0.1) is 0 Å². The highest BCUT2D eigenvalue weighted by atomic mass is 16.5. The lowest BCUT2D eigenvalue weighted by molar-refractivity contribution is -0.143. The summed E-state index contributed by atoms with van der Waals surface area (Å²) in [5.41, 5.74) is 1.03. The van der Waals surface area contributed by atoms with Crippen molar-refractivity contribution in [1.29, 1.82) is 0 Å². The minimum absolute atomic E-state index is 0.0927. The van der Waals surface area contributed by atoms with E-state index in [2.05, 4.69) is 19.2 Å². The minimum atomic E-state index is -1.14. The predicted octanol–water partition coefficient (Wildman–Crippen LogP) is 1.79. The zero-order chi connectivity index (χ0) is 16.5. The topological polar surface area (TPSA) is 84.9 Å². The van der Waals surface area contributed by atoms with Crippen LogP contribution >= 0.6 is 0 Å². The van der Waals surface area contributed by atoms with Gasteiger partial charge in [0.25, 0.3) is 5.91 Å². The van der Waals surface area contributed by atoms with Crippen molar-refractivity contribution in [3.05, 3.63) is 29.8 Å². The van der Waals surface area contributed by atoms with Gasteiger partial charge in [-0.2, -0.15) is 0 Å². The molecule has 0 saturated carbocycles. The lowest BCUT2D eigenvalue weighted by Crippen LogP contribution is -2.45. The molecule has 0 fully saturated rings. The Morgan fingerprint density at radius 1 is 1.32 bits per heavy atom. The van der Waals surface area contributed by atoms with Crippen molar-refractivity contribution in [3.8, 4) is 5.75 Å². The van der Waals surface area contributed by atoms with Crippen LogP contribution < -0.4 is 10.1 Å². The van der Waals surface area contributed by atoms with Crippen LogP contribution in [-0.4, -0.2) is 43.3 Å². The highest BCUT2D eigenvalue weighted by Crippen LogP contribution is 2.28. The lowest BCUT2D eigenvalue weighted by atomic mass is 9.98. The van der Waals surface area contributed by atoms with E-state index in [0.717, 1.165) is 12.0 Å². The maximum absolute atomic E-state index is 11.8. The molecular formula is C16H23NO5. The molecule has 2 atom stereocenters. The van der Waals surface area contributed by atoms with Crippen LogP contribution in [-0.2, 0) is 14.3 Å². The second-order valence-electron chi connectivity index (χ2n) is 5.05. The fraction of sp³-hybridized carbons (Fsp3) is 0.500. The minimum Gasteiger partial charge on any atom is -0.483 e. The van der Waals surface area contributed by atoms with Crippen molar-refractivity contribution in [2.75, 3.05) is 20.3 Å². The van der Waals surface area contributed by atoms with Gasteiger partial charge in [0, 0.05) is 7.11 Å². The molecule has 2 N–H and O–H groups in total. The molecule has 0 saturated heterocycles. The van der Waals surface area contributed by atoms with Crippen LogP contribution in [0.25, 0.3) is 0 Å². The molecule has 22 heavy (non-hydrogen) atoms. The molecule has 1 amide bonds. The summed E-state index contributed by atoms with van der Waals surface area (Å²) in [6, 6.07) is 6.45. The molecule has 6 nitrogen and oxygen atoms in total. The van der Waals surface area contributed by atoms with E-state index in [-0.39, 0.29) is 13.2 Å². The van der Waals surface area contributed by atoms with E-state index in [1.807, 2.05) is 18.2 Å². The van der Waals surface area contributed by atoms with Crippen molar-refractivity contribution in [3.63, 3.8) is 0 Å². The number of nitrogens with one attached hydrogen (secondary N) is 1. The number of carboxylic acid groups (broad SMARTS) is 1. The summed E-state index contributed by atoms with van der Waals surface area (Å²) >= 11 is 0. The fourth-order valence-electron chi connectivity index (χ4n) is 1.96. The summed E-state index contributed by atoms with van der Waals surface area (Å²) in [5.74, 6) is -0.677. The van der Waals surface area contributed by atoms with E-state index in [1.54, 1.807) is 6.07 Å². The van der Waals surface area contributed by atoms with Gasteiger partial charge in [0.2, 0.25) is 0 Å². The second kappa shape index (κ2) is 9.04. The first-order valence-electron chi connectivity index (χ1n) is 7.22. The molecule has 0 aliphatic carbocycles. The maximum atomic E-state index is 11.8. The largest absolute Gasteiger partial charge is 0.483 e. The molecule has 0 aromatic heterocycles. The Bertz CT molecular complexity index is 503. The summed E-state index contributed by atoms with van der Waals surface area (Å²) in [7, 11) is 1.38. The van der Waals surface area contributed by atoms with Gasteiger partial charge >= 0.3 is 5.97 Å². The van der Waals surface area contributed by atoms with Crippen LogP contribution in [0.5, 0.6) is 5.75 Å². The van der Waals surface area contributed by atoms with Crippen LogP contribution in [0.3, 0.4) is 0 Å². The number of amides is 1. The van der Waals surface area contributed by atoms with E-state index >= 15 is 0 Å². The monoisotopic (exact) mass is 309 g/mol. The van der Waals surface area contributed by atoms with Gasteiger partial charge in [0.05, 0.1) is 6.61 Å². The van der Waals surface area contributed by atoms with Crippen molar-refractivity contribution in [2.24, 2.45) is 0 Å². The Morgan fingerprint density at radius 2 is 2.00 bits per heavy atom. The zero-order valence-electron chi connectivity index (χ0n) is 13.2. The number of carboxylic acids is 1. The number of hydrogen-bond donors (Lipinski definition) is 2. The third-order valence-corrected chi connectivity index (χ3v) is 3.39. The molecule has 0 heterocycles. The molecule has 122 valence electrons. The fourth-order valence-corrected chi connectivity index (χ4v) is 1.96. The summed E-state index contributed by atoms with van der Waals surface area (Å²) < 4.78 is 10.3. The number of para-hydroxylation sites is 1. The third kappa shape index (κ3) is 5.37. The predicted molar refractivity (Wildman–Crippen MR) is 82.1 cm³/mol. The van der Waals surface area contributed by atoms with E-state index < -0.39 is 17.9 Å². The second-order valence-corrected chi connectivity index (χ2v) is 5.05. The molecule has 2 unspecified atom stereocenters. The van der Waals surface area contributed by atoms with Crippen LogP contribution in [0, 0.1) is 0 Å².